The quantitative estimate of drug-likeness (QED) is 0.492. The van der Waals surface area contributed by atoms with E-state index in [1.165, 1.54) is 19.3 Å². The third-order valence-corrected chi connectivity index (χ3v) is 5.54. The number of carbonyl (C=O) groups is 1. The molecule has 7 heteroatoms. The maximum Gasteiger partial charge on any atom is 0.253 e. The van der Waals surface area contributed by atoms with E-state index in [9.17, 15) is 4.79 Å². The van der Waals surface area contributed by atoms with E-state index in [-0.39, 0.29) is 5.91 Å². The van der Waals surface area contributed by atoms with Crippen molar-refractivity contribution >= 4 is 17.7 Å². The molecule has 2 N–H and O–H groups in total. The van der Waals surface area contributed by atoms with Crippen LogP contribution in [0.4, 0.5) is 5.82 Å². The lowest BCUT2D eigenvalue weighted by Gasteiger charge is -2.27. The molecule has 0 saturated carbocycles. The van der Waals surface area contributed by atoms with Crippen LogP contribution in [0.3, 0.4) is 0 Å². The van der Waals surface area contributed by atoms with Gasteiger partial charge in [-0.05, 0) is 68.0 Å². The van der Waals surface area contributed by atoms with Crippen LogP contribution in [0.1, 0.15) is 47.7 Å². The first-order valence-electron chi connectivity index (χ1n) is 11.6. The molecule has 0 bridgehead atoms. The number of anilines is 1. The van der Waals surface area contributed by atoms with Crippen molar-refractivity contribution in [2.24, 2.45) is 4.99 Å². The highest BCUT2D eigenvalue weighted by molar-refractivity contribution is 5.94. The van der Waals surface area contributed by atoms with E-state index in [4.69, 9.17) is 4.99 Å². The summed E-state index contributed by atoms with van der Waals surface area (Å²) in [6.45, 7) is 6.38. The lowest BCUT2D eigenvalue weighted by molar-refractivity contribution is 0.0827. The van der Waals surface area contributed by atoms with Crippen molar-refractivity contribution < 1.29 is 4.79 Å². The third-order valence-electron chi connectivity index (χ3n) is 5.54. The van der Waals surface area contributed by atoms with E-state index in [1.807, 2.05) is 30.5 Å². The second kappa shape index (κ2) is 12.1. The predicted octanol–water partition coefficient (Wildman–Crippen LogP) is 3.07. The van der Waals surface area contributed by atoms with Crippen molar-refractivity contribution in [3.8, 4) is 0 Å². The van der Waals surface area contributed by atoms with Gasteiger partial charge in [0.05, 0.1) is 6.54 Å². The molecule has 2 aromatic rings. The Morgan fingerprint density at radius 1 is 1.09 bits per heavy atom. The summed E-state index contributed by atoms with van der Waals surface area (Å²) in [5.74, 6) is 1.88. The molecule has 0 unspecified atom stereocenters. The van der Waals surface area contributed by atoms with Crippen LogP contribution in [0, 0.1) is 0 Å². The minimum Gasteiger partial charge on any atom is -0.357 e. The number of aromatic nitrogens is 1. The molecule has 1 saturated heterocycles. The monoisotopic (exact) mass is 436 g/mol. The highest BCUT2D eigenvalue weighted by atomic mass is 16.2. The minimum atomic E-state index is 0.0241. The molecule has 0 atom stereocenters. The van der Waals surface area contributed by atoms with Gasteiger partial charge in [0, 0.05) is 52.0 Å². The first-order valence-corrected chi connectivity index (χ1v) is 11.6. The van der Waals surface area contributed by atoms with Crippen LogP contribution < -0.4 is 15.5 Å². The Balaban J connectivity index is 1.56. The molecule has 172 valence electrons. The lowest BCUT2D eigenvalue weighted by Crippen LogP contribution is -2.38. The van der Waals surface area contributed by atoms with Gasteiger partial charge in [0.1, 0.15) is 5.82 Å². The van der Waals surface area contributed by atoms with Crippen molar-refractivity contribution in [3.05, 3.63) is 59.3 Å². The van der Waals surface area contributed by atoms with Gasteiger partial charge >= 0.3 is 0 Å². The Labute approximate surface area is 191 Å². The number of carbonyl (C=O) groups excluding carboxylic acids is 1. The maximum absolute atomic E-state index is 12.2. The normalized spacial score (nSPS) is 14.2. The van der Waals surface area contributed by atoms with E-state index < -0.39 is 0 Å². The summed E-state index contributed by atoms with van der Waals surface area (Å²) in [5, 5.41) is 6.72. The number of hydrogen-bond acceptors (Lipinski definition) is 4. The smallest absolute Gasteiger partial charge is 0.253 e. The van der Waals surface area contributed by atoms with Gasteiger partial charge in [0.15, 0.2) is 5.96 Å². The van der Waals surface area contributed by atoms with Crippen molar-refractivity contribution in [2.75, 3.05) is 45.2 Å². The highest BCUT2D eigenvalue weighted by Crippen LogP contribution is 2.18. The van der Waals surface area contributed by atoms with Crippen LogP contribution in [0.5, 0.6) is 0 Å². The molecule has 2 heterocycles. The second-order valence-electron chi connectivity index (χ2n) is 8.34. The number of benzene rings is 1. The zero-order valence-electron chi connectivity index (χ0n) is 19.6. The van der Waals surface area contributed by atoms with Gasteiger partial charge in [-0.15, -0.1) is 0 Å². The Morgan fingerprint density at radius 3 is 2.66 bits per heavy atom. The molecule has 7 nitrogen and oxygen atoms in total. The van der Waals surface area contributed by atoms with Crippen molar-refractivity contribution in [1.82, 2.24) is 20.5 Å². The molecule has 0 radical (unpaired) electrons. The van der Waals surface area contributed by atoms with Crippen LogP contribution in [0.2, 0.25) is 0 Å². The van der Waals surface area contributed by atoms with Gasteiger partial charge < -0.3 is 20.4 Å². The van der Waals surface area contributed by atoms with Crippen molar-refractivity contribution in [1.29, 1.82) is 0 Å². The first-order chi connectivity index (χ1) is 15.6. The number of guanidine groups is 1. The number of pyridine rings is 1. The van der Waals surface area contributed by atoms with Gasteiger partial charge in [-0.2, -0.15) is 0 Å². The molecular formula is C25H36N6O. The number of piperidine rings is 1. The molecule has 1 fully saturated rings. The van der Waals surface area contributed by atoms with Crippen LogP contribution in [-0.4, -0.2) is 62.0 Å². The topological polar surface area (TPSA) is 72.9 Å². The fourth-order valence-corrected chi connectivity index (χ4v) is 3.81. The zero-order chi connectivity index (χ0) is 22.8. The fraction of sp³-hybridized carbons (Fsp3) is 0.480. The molecule has 0 spiro atoms. The molecule has 32 heavy (non-hydrogen) atoms. The molecule has 1 aliphatic heterocycles. The Bertz CT molecular complexity index is 905. The molecule has 1 aromatic heterocycles. The number of nitrogens with zero attached hydrogens (tertiary/aromatic N) is 4. The molecule has 1 amide bonds. The summed E-state index contributed by atoms with van der Waals surface area (Å²) in [5.41, 5.74) is 3.00. The van der Waals surface area contributed by atoms with Crippen molar-refractivity contribution in [2.45, 2.75) is 39.2 Å². The first kappa shape index (κ1) is 23.6. The Morgan fingerprint density at radius 2 is 1.91 bits per heavy atom. The predicted molar refractivity (Wildman–Crippen MR) is 131 cm³/mol. The van der Waals surface area contributed by atoms with Crippen molar-refractivity contribution in [3.63, 3.8) is 0 Å². The van der Waals surface area contributed by atoms with Gasteiger partial charge in [-0.25, -0.2) is 9.98 Å². The van der Waals surface area contributed by atoms with Crippen LogP contribution in [0.15, 0.2) is 47.6 Å². The summed E-state index contributed by atoms with van der Waals surface area (Å²) >= 11 is 0. The van der Waals surface area contributed by atoms with Gasteiger partial charge in [0.25, 0.3) is 5.91 Å². The van der Waals surface area contributed by atoms with Gasteiger partial charge in [-0.1, -0.05) is 12.1 Å². The van der Waals surface area contributed by atoms with E-state index in [0.717, 1.165) is 61.1 Å². The summed E-state index contributed by atoms with van der Waals surface area (Å²) < 4.78 is 0. The summed E-state index contributed by atoms with van der Waals surface area (Å²) in [6, 6.07) is 12.0. The number of nitrogens with one attached hydrogen (secondary N) is 2. The van der Waals surface area contributed by atoms with E-state index in [1.54, 1.807) is 19.0 Å². The van der Waals surface area contributed by atoms with E-state index in [2.05, 4.69) is 39.6 Å². The van der Waals surface area contributed by atoms with E-state index >= 15 is 0 Å². The molecule has 3 rings (SSSR count). The molecular weight excluding hydrogens is 400 g/mol. The molecule has 1 aromatic carbocycles. The fourth-order valence-electron chi connectivity index (χ4n) is 3.81. The SMILES string of the molecule is CCNC(=NCc1ccnc(N2CCCCC2)c1)NCCc1cccc(C(=O)N(C)C)c1. The maximum atomic E-state index is 12.2. The molecule has 1 aliphatic rings. The summed E-state index contributed by atoms with van der Waals surface area (Å²) in [7, 11) is 3.54. The van der Waals surface area contributed by atoms with Crippen LogP contribution >= 0.6 is 0 Å². The van der Waals surface area contributed by atoms with E-state index in [0.29, 0.717) is 6.54 Å². The number of amides is 1. The zero-order valence-corrected chi connectivity index (χ0v) is 19.6. The minimum absolute atomic E-state index is 0.0241. The summed E-state index contributed by atoms with van der Waals surface area (Å²) in [4.78, 5) is 25.5. The van der Waals surface area contributed by atoms with Crippen LogP contribution in [0.25, 0.3) is 0 Å². The average molecular weight is 437 g/mol. The standard InChI is InChI=1S/C25H36N6O/c1-4-26-25(28-14-11-20-9-8-10-22(17-20)24(32)30(2)3)29-19-21-12-13-27-23(18-21)31-15-6-5-7-16-31/h8-10,12-13,17-18H,4-7,11,14-16,19H2,1-3H3,(H2,26,28,29). The largest absolute Gasteiger partial charge is 0.357 e. The third kappa shape index (κ3) is 6.97. The highest BCUT2D eigenvalue weighted by Gasteiger charge is 2.12. The number of aliphatic imine (C=N–C) groups is 1. The number of hydrogen-bond donors (Lipinski definition) is 2. The van der Waals surface area contributed by atoms with Crippen LogP contribution in [-0.2, 0) is 13.0 Å². The van der Waals surface area contributed by atoms with Gasteiger partial charge in [0.2, 0.25) is 0 Å². The second-order valence-corrected chi connectivity index (χ2v) is 8.34. The average Bonchev–Trinajstić information content (AvgIpc) is 2.83. The van der Waals surface area contributed by atoms with Gasteiger partial charge in [-0.3, -0.25) is 4.79 Å². The molecule has 0 aliphatic carbocycles. The Hall–Kier alpha value is -3.09. The Kier molecular flexibility index (Phi) is 8.90. The number of rotatable bonds is 8. The lowest BCUT2D eigenvalue weighted by atomic mass is 10.1. The summed E-state index contributed by atoms with van der Waals surface area (Å²) in [6.07, 6.45) is 6.49.